The topological polar surface area (TPSA) is 165 Å². The molecule has 2 aromatic carbocycles. The third kappa shape index (κ3) is 8.15. The Bertz CT molecular complexity index is 1120. The molecule has 2 rings (SSSR count). The molecule has 0 heterocycles. The van der Waals surface area contributed by atoms with Gasteiger partial charge < -0.3 is 20.5 Å². The van der Waals surface area contributed by atoms with Gasteiger partial charge in [-0.05, 0) is 30.2 Å². The van der Waals surface area contributed by atoms with Crippen molar-refractivity contribution < 1.29 is 38.3 Å². The van der Waals surface area contributed by atoms with Crippen molar-refractivity contribution >= 4 is 29.4 Å². The summed E-state index contributed by atoms with van der Waals surface area (Å²) in [6.45, 7) is 2.77. The highest BCUT2D eigenvalue weighted by Crippen LogP contribution is 2.27. The van der Waals surface area contributed by atoms with Crippen molar-refractivity contribution in [2.45, 2.75) is 44.7 Å². The SMILES string of the molecule is CCOC(=O)C[C@H](c1ccc([N+](=O)[O-])cc1)[C@@H](NC(=O)[C@H](Cc1cccc(F)c1)NC(C)=O)C(=O)O. The fourth-order valence-corrected chi connectivity index (χ4v) is 3.61. The fourth-order valence-electron chi connectivity index (χ4n) is 3.61. The number of hydrogen-bond donors (Lipinski definition) is 3. The number of hydrogen-bond acceptors (Lipinski definition) is 7. The van der Waals surface area contributed by atoms with Gasteiger partial charge in [0.2, 0.25) is 11.8 Å². The van der Waals surface area contributed by atoms with E-state index in [0.29, 0.717) is 5.56 Å². The third-order valence-corrected chi connectivity index (χ3v) is 5.21. The van der Waals surface area contributed by atoms with E-state index in [2.05, 4.69) is 10.6 Å². The second kappa shape index (κ2) is 12.9. The van der Waals surface area contributed by atoms with Gasteiger partial charge in [0, 0.05) is 31.4 Å². The van der Waals surface area contributed by atoms with Crippen LogP contribution in [0.2, 0.25) is 0 Å². The zero-order valence-electron chi connectivity index (χ0n) is 19.6. The normalized spacial score (nSPS) is 13.1. The van der Waals surface area contributed by atoms with Crippen LogP contribution in [-0.2, 0) is 30.3 Å². The van der Waals surface area contributed by atoms with E-state index >= 15 is 0 Å². The molecule has 192 valence electrons. The minimum Gasteiger partial charge on any atom is -0.480 e. The van der Waals surface area contributed by atoms with Gasteiger partial charge in [-0.2, -0.15) is 0 Å². The summed E-state index contributed by atoms with van der Waals surface area (Å²) >= 11 is 0. The number of ether oxygens (including phenoxy) is 1. The Kier molecular flexibility index (Phi) is 10.0. The minimum absolute atomic E-state index is 0.0359. The number of benzene rings is 2. The predicted octanol–water partition coefficient (Wildman–Crippen LogP) is 2.09. The van der Waals surface area contributed by atoms with Crippen molar-refractivity contribution in [3.05, 3.63) is 75.6 Å². The highest BCUT2D eigenvalue weighted by atomic mass is 19.1. The van der Waals surface area contributed by atoms with Crippen LogP contribution < -0.4 is 10.6 Å². The molecule has 0 aliphatic rings. The number of carbonyl (C=O) groups excluding carboxylic acids is 3. The lowest BCUT2D eigenvalue weighted by Crippen LogP contribution is -2.54. The van der Waals surface area contributed by atoms with Gasteiger partial charge in [-0.15, -0.1) is 0 Å². The largest absolute Gasteiger partial charge is 0.480 e. The van der Waals surface area contributed by atoms with E-state index in [-0.39, 0.29) is 24.3 Å². The van der Waals surface area contributed by atoms with E-state index in [0.717, 1.165) is 12.1 Å². The second-order valence-corrected chi connectivity index (χ2v) is 7.88. The van der Waals surface area contributed by atoms with Crippen molar-refractivity contribution in [1.29, 1.82) is 0 Å². The van der Waals surface area contributed by atoms with E-state index in [1.54, 1.807) is 13.0 Å². The molecule has 36 heavy (non-hydrogen) atoms. The van der Waals surface area contributed by atoms with Crippen molar-refractivity contribution in [3.8, 4) is 0 Å². The van der Waals surface area contributed by atoms with Gasteiger partial charge in [-0.3, -0.25) is 24.5 Å². The van der Waals surface area contributed by atoms with E-state index in [4.69, 9.17) is 4.74 Å². The monoisotopic (exact) mass is 503 g/mol. The van der Waals surface area contributed by atoms with Crippen LogP contribution in [0.15, 0.2) is 48.5 Å². The Balaban J connectivity index is 2.38. The lowest BCUT2D eigenvalue weighted by atomic mass is 9.88. The molecule has 0 radical (unpaired) electrons. The van der Waals surface area contributed by atoms with Crippen LogP contribution in [0.4, 0.5) is 10.1 Å². The molecule has 2 aromatic rings. The molecule has 0 spiro atoms. The first-order valence-corrected chi connectivity index (χ1v) is 11.0. The number of rotatable bonds is 12. The van der Waals surface area contributed by atoms with Gasteiger partial charge in [-0.1, -0.05) is 24.3 Å². The summed E-state index contributed by atoms with van der Waals surface area (Å²) in [5, 5.41) is 25.7. The molecule has 0 saturated carbocycles. The maximum Gasteiger partial charge on any atom is 0.326 e. The van der Waals surface area contributed by atoms with Gasteiger partial charge >= 0.3 is 11.9 Å². The summed E-state index contributed by atoms with van der Waals surface area (Å²) in [5.74, 6) is -5.37. The number of nitro benzene ring substituents is 1. The molecule has 0 unspecified atom stereocenters. The molecule has 0 fully saturated rings. The van der Waals surface area contributed by atoms with Crippen LogP contribution in [0.1, 0.15) is 37.3 Å². The highest BCUT2D eigenvalue weighted by molar-refractivity contribution is 5.91. The van der Waals surface area contributed by atoms with E-state index < -0.39 is 58.9 Å². The molecular weight excluding hydrogens is 477 g/mol. The third-order valence-electron chi connectivity index (χ3n) is 5.21. The van der Waals surface area contributed by atoms with Crippen molar-refractivity contribution in [2.75, 3.05) is 6.61 Å². The number of carboxylic acids is 1. The fraction of sp³-hybridized carbons (Fsp3) is 0.333. The number of carbonyl (C=O) groups is 4. The van der Waals surface area contributed by atoms with Crippen molar-refractivity contribution in [3.63, 3.8) is 0 Å². The van der Waals surface area contributed by atoms with E-state index in [1.165, 1.54) is 37.3 Å². The molecule has 0 aromatic heterocycles. The first kappa shape index (κ1) is 27.9. The molecule has 12 heteroatoms. The number of nitrogens with one attached hydrogen (secondary N) is 2. The van der Waals surface area contributed by atoms with Gasteiger partial charge in [0.05, 0.1) is 18.0 Å². The number of non-ortho nitro benzene ring substituents is 1. The predicted molar refractivity (Wildman–Crippen MR) is 124 cm³/mol. The number of esters is 1. The Morgan fingerprint density at radius 1 is 1.11 bits per heavy atom. The molecule has 11 nitrogen and oxygen atoms in total. The standard InChI is InChI=1S/C24H26FN3O8/c1-3-36-21(30)13-19(16-7-9-18(10-8-16)28(34)35)22(24(32)33)27-23(31)20(26-14(2)29)12-15-5-4-6-17(25)11-15/h4-11,19-20,22H,3,12-13H2,1-2H3,(H,26,29)(H,27,31)(H,32,33)/t19-,20+,22-/m1/s1. The molecular formula is C24H26FN3O8. The van der Waals surface area contributed by atoms with Gasteiger partial charge in [0.1, 0.15) is 17.9 Å². The Hall–Kier alpha value is -4.35. The molecule has 0 saturated heterocycles. The Morgan fingerprint density at radius 3 is 2.31 bits per heavy atom. The van der Waals surface area contributed by atoms with E-state index in [9.17, 15) is 38.8 Å². The summed E-state index contributed by atoms with van der Waals surface area (Å²) in [4.78, 5) is 59.6. The second-order valence-electron chi connectivity index (χ2n) is 7.88. The maximum absolute atomic E-state index is 13.6. The van der Waals surface area contributed by atoms with Crippen LogP contribution in [0.5, 0.6) is 0 Å². The summed E-state index contributed by atoms with van der Waals surface area (Å²) < 4.78 is 18.5. The average molecular weight is 503 g/mol. The summed E-state index contributed by atoms with van der Waals surface area (Å²) in [6.07, 6.45) is -0.576. The number of halogens is 1. The number of nitro groups is 1. The molecule has 2 amide bonds. The van der Waals surface area contributed by atoms with Crippen molar-refractivity contribution in [1.82, 2.24) is 10.6 Å². The van der Waals surface area contributed by atoms with Gasteiger partial charge in [0.25, 0.3) is 5.69 Å². The number of nitrogens with zero attached hydrogens (tertiary/aromatic N) is 1. The molecule has 3 atom stereocenters. The minimum atomic E-state index is -1.66. The average Bonchev–Trinajstić information content (AvgIpc) is 2.80. The number of amides is 2. The zero-order valence-corrected chi connectivity index (χ0v) is 19.6. The lowest BCUT2D eigenvalue weighted by Gasteiger charge is -2.27. The highest BCUT2D eigenvalue weighted by Gasteiger charge is 2.35. The maximum atomic E-state index is 13.6. The van der Waals surface area contributed by atoms with Crippen LogP contribution >= 0.6 is 0 Å². The summed E-state index contributed by atoms with van der Waals surface area (Å²) in [6, 6.07) is 7.34. The smallest absolute Gasteiger partial charge is 0.326 e. The zero-order chi connectivity index (χ0) is 26.8. The van der Waals surface area contributed by atoms with Gasteiger partial charge in [0.15, 0.2) is 0 Å². The Labute approximate surface area is 205 Å². The molecule has 0 aliphatic carbocycles. The molecule has 0 aliphatic heterocycles. The quantitative estimate of drug-likeness (QED) is 0.225. The lowest BCUT2D eigenvalue weighted by molar-refractivity contribution is -0.384. The van der Waals surface area contributed by atoms with Crippen LogP contribution in [0.3, 0.4) is 0 Å². The Morgan fingerprint density at radius 2 is 1.78 bits per heavy atom. The molecule has 0 bridgehead atoms. The number of carboxylic acid groups (broad SMARTS) is 1. The molecule has 3 N–H and O–H groups in total. The van der Waals surface area contributed by atoms with Crippen LogP contribution in [0.25, 0.3) is 0 Å². The van der Waals surface area contributed by atoms with Crippen LogP contribution in [-0.4, -0.2) is 52.5 Å². The van der Waals surface area contributed by atoms with Gasteiger partial charge in [-0.25, -0.2) is 9.18 Å². The summed E-state index contributed by atoms with van der Waals surface area (Å²) in [5.41, 5.74) is 0.377. The summed E-state index contributed by atoms with van der Waals surface area (Å²) in [7, 11) is 0. The first-order chi connectivity index (χ1) is 17.0. The van der Waals surface area contributed by atoms with E-state index in [1.807, 2.05) is 0 Å². The number of aliphatic carboxylic acids is 1. The van der Waals surface area contributed by atoms with Crippen LogP contribution in [0, 0.1) is 15.9 Å². The first-order valence-electron chi connectivity index (χ1n) is 11.0. The van der Waals surface area contributed by atoms with Crippen molar-refractivity contribution in [2.24, 2.45) is 0 Å².